The number of hydrogen-bond acceptors (Lipinski definition) is 3. The van der Waals surface area contributed by atoms with E-state index in [0.29, 0.717) is 12.8 Å². The van der Waals surface area contributed by atoms with E-state index in [1.165, 1.54) is 0 Å². The Kier molecular flexibility index (Phi) is 2.75. The van der Waals surface area contributed by atoms with E-state index in [4.69, 9.17) is 9.99 Å². The summed E-state index contributed by atoms with van der Waals surface area (Å²) in [6, 6.07) is 7.78. The number of para-hydroxylation sites is 1. The van der Waals surface area contributed by atoms with Crippen molar-refractivity contribution in [2.45, 2.75) is 25.0 Å². The van der Waals surface area contributed by atoms with E-state index in [9.17, 15) is 0 Å². The molecule has 0 amide bonds. The van der Waals surface area contributed by atoms with Crippen LogP contribution in [0.15, 0.2) is 36.9 Å². The summed E-state index contributed by atoms with van der Waals surface area (Å²) in [4.78, 5) is 4.48. The molecule has 0 bridgehead atoms. The highest BCUT2D eigenvalue weighted by Crippen LogP contribution is 2.35. The third-order valence-electron chi connectivity index (χ3n) is 2.67. The molecule has 0 saturated carbocycles. The lowest BCUT2D eigenvalue weighted by Crippen LogP contribution is -2.41. The van der Waals surface area contributed by atoms with Crippen molar-refractivity contribution in [2.24, 2.45) is 0 Å². The summed E-state index contributed by atoms with van der Waals surface area (Å²) in [7, 11) is 0. The van der Waals surface area contributed by atoms with Crippen molar-refractivity contribution in [3.63, 3.8) is 0 Å². The maximum Gasteiger partial charge on any atom is 0.244 e. The first kappa shape index (κ1) is 10.2. The van der Waals surface area contributed by atoms with E-state index in [1.807, 2.05) is 24.3 Å². The largest absolute Gasteiger partial charge is 0.459 e. The van der Waals surface area contributed by atoms with Gasteiger partial charge in [0.1, 0.15) is 5.75 Å². The Balaban J connectivity index is 2.26. The average Bonchev–Trinajstić information content (AvgIpc) is 2.29. The predicted molar refractivity (Wildman–Crippen MR) is 56.6 cm³/mol. The minimum Gasteiger partial charge on any atom is -0.459 e. The van der Waals surface area contributed by atoms with Gasteiger partial charge in [0.05, 0.1) is 0 Å². The number of benzene rings is 1. The van der Waals surface area contributed by atoms with Gasteiger partial charge in [-0.15, -0.1) is 6.58 Å². The van der Waals surface area contributed by atoms with Crippen molar-refractivity contribution in [3.8, 4) is 5.75 Å². The number of ether oxygens (including phenoxy) is 1. The molecule has 0 saturated heterocycles. The van der Waals surface area contributed by atoms with Crippen molar-refractivity contribution in [1.82, 2.24) is 0 Å². The Morgan fingerprint density at radius 3 is 3.07 bits per heavy atom. The van der Waals surface area contributed by atoms with Gasteiger partial charge in [0.2, 0.25) is 5.79 Å². The fourth-order valence-corrected chi connectivity index (χ4v) is 1.85. The molecule has 3 heteroatoms. The zero-order chi connectivity index (χ0) is 10.7. The molecule has 0 spiro atoms. The number of aryl methyl sites for hydroxylation is 1. The zero-order valence-electron chi connectivity index (χ0n) is 8.48. The van der Waals surface area contributed by atoms with Crippen LogP contribution in [0.1, 0.15) is 18.4 Å². The SMILES string of the molecule is C=CCC1(OO)CCc2ccccc2O1. The Hall–Kier alpha value is -1.32. The highest BCUT2D eigenvalue weighted by atomic mass is 17.1. The van der Waals surface area contributed by atoms with Crippen LogP contribution in [-0.4, -0.2) is 11.0 Å². The van der Waals surface area contributed by atoms with Gasteiger partial charge >= 0.3 is 0 Å². The molecule has 80 valence electrons. The van der Waals surface area contributed by atoms with Gasteiger partial charge in [0.15, 0.2) is 0 Å². The first-order valence-corrected chi connectivity index (χ1v) is 5.00. The Morgan fingerprint density at radius 2 is 2.33 bits per heavy atom. The second kappa shape index (κ2) is 4.04. The fourth-order valence-electron chi connectivity index (χ4n) is 1.85. The van der Waals surface area contributed by atoms with Gasteiger partial charge in [0, 0.05) is 12.8 Å². The number of hydrogen-bond donors (Lipinski definition) is 1. The van der Waals surface area contributed by atoms with Crippen LogP contribution in [0.4, 0.5) is 0 Å². The third-order valence-corrected chi connectivity index (χ3v) is 2.67. The quantitative estimate of drug-likeness (QED) is 0.469. The molecular weight excluding hydrogens is 192 g/mol. The fraction of sp³-hybridized carbons (Fsp3) is 0.333. The summed E-state index contributed by atoms with van der Waals surface area (Å²) in [5, 5.41) is 8.93. The molecule has 15 heavy (non-hydrogen) atoms. The second-order valence-corrected chi connectivity index (χ2v) is 3.70. The molecule has 1 aliphatic heterocycles. The molecule has 0 fully saturated rings. The minimum absolute atomic E-state index is 0.470. The Labute approximate surface area is 88.9 Å². The molecule has 1 unspecified atom stereocenters. The normalized spacial score (nSPS) is 24.1. The minimum atomic E-state index is -0.948. The van der Waals surface area contributed by atoms with Crippen LogP contribution >= 0.6 is 0 Å². The van der Waals surface area contributed by atoms with Crippen molar-refractivity contribution in [3.05, 3.63) is 42.5 Å². The highest BCUT2D eigenvalue weighted by molar-refractivity contribution is 5.35. The standard InChI is InChI=1S/C12H14O3/c1-2-8-12(15-13)9-7-10-5-3-4-6-11(10)14-12/h2-6,13H,1,7-9H2. The van der Waals surface area contributed by atoms with E-state index in [-0.39, 0.29) is 0 Å². The van der Waals surface area contributed by atoms with Crippen LogP contribution < -0.4 is 4.74 Å². The summed E-state index contributed by atoms with van der Waals surface area (Å²) in [6.45, 7) is 3.63. The van der Waals surface area contributed by atoms with Crippen molar-refractivity contribution in [2.75, 3.05) is 0 Å². The van der Waals surface area contributed by atoms with Crippen LogP contribution in [0.2, 0.25) is 0 Å². The summed E-state index contributed by atoms with van der Waals surface area (Å²) >= 11 is 0. The maximum absolute atomic E-state index is 8.93. The topological polar surface area (TPSA) is 38.7 Å². The zero-order valence-corrected chi connectivity index (χ0v) is 8.48. The van der Waals surface area contributed by atoms with E-state index < -0.39 is 5.79 Å². The van der Waals surface area contributed by atoms with Gasteiger partial charge in [-0.1, -0.05) is 24.3 Å². The molecular formula is C12H14O3. The molecule has 1 N–H and O–H groups in total. The summed E-state index contributed by atoms with van der Waals surface area (Å²) in [6.07, 6.45) is 3.62. The maximum atomic E-state index is 8.93. The molecule has 0 aliphatic carbocycles. The van der Waals surface area contributed by atoms with Crippen LogP contribution in [0.5, 0.6) is 5.75 Å². The molecule has 2 rings (SSSR count). The molecule has 3 nitrogen and oxygen atoms in total. The third kappa shape index (κ3) is 1.89. The van der Waals surface area contributed by atoms with Gasteiger partial charge in [-0.25, -0.2) is 5.26 Å². The number of rotatable bonds is 3. The highest BCUT2D eigenvalue weighted by Gasteiger charge is 2.36. The van der Waals surface area contributed by atoms with Crippen molar-refractivity contribution >= 4 is 0 Å². The lowest BCUT2D eigenvalue weighted by atomic mass is 9.98. The Morgan fingerprint density at radius 1 is 1.53 bits per heavy atom. The smallest absolute Gasteiger partial charge is 0.244 e. The van der Waals surface area contributed by atoms with Crippen molar-refractivity contribution in [1.29, 1.82) is 0 Å². The molecule has 1 aromatic rings. The Bertz CT molecular complexity index is 362. The lowest BCUT2D eigenvalue weighted by molar-refractivity contribution is -0.384. The monoisotopic (exact) mass is 206 g/mol. The van der Waals surface area contributed by atoms with E-state index in [0.717, 1.165) is 17.7 Å². The first-order chi connectivity index (χ1) is 7.29. The average molecular weight is 206 g/mol. The van der Waals surface area contributed by atoms with E-state index in [2.05, 4.69) is 11.5 Å². The summed E-state index contributed by atoms with van der Waals surface area (Å²) in [5.41, 5.74) is 1.15. The van der Waals surface area contributed by atoms with Gasteiger partial charge in [-0.2, -0.15) is 4.89 Å². The van der Waals surface area contributed by atoms with Crippen molar-refractivity contribution < 1.29 is 14.9 Å². The molecule has 1 aliphatic rings. The van der Waals surface area contributed by atoms with Crippen LogP contribution in [0.25, 0.3) is 0 Å². The van der Waals surface area contributed by atoms with Crippen LogP contribution in [0, 0.1) is 0 Å². The van der Waals surface area contributed by atoms with Gasteiger partial charge < -0.3 is 4.74 Å². The van der Waals surface area contributed by atoms with E-state index in [1.54, 1.807) is 6.08 Å². The summed E-state index contributed by atoms with van der Waals surface area (Å²) in [5.74, 6) is -0.171. The second-order valence-electron chi connectivity index (χ2n) is 3.70. The van der Waals surface area contributed by atoms with Gasteiger partial charge in [-0.3, -0.25) is 0 Å². The first-order valence-electron chi connectivity index (χ1n) is 5.00. The van der Waals surface area contributed by atoms with Gasteiger partial charge in [0.25, 0.3) is 0 Å². The molecule has 0 aromatic heterocycles. The van der Waals surface area contributed by atoms with Gasteiger partial charge in [-0.05, 0) is 18.1 Å². The van der Waals surface area contributed by atoms with E-state index >= 15 is 0 Å². The van der Waals surface area contributed by atoms with Crippen LogP contribution in [0.3, 0.4) is 0 Å². The summed E-state index contributed by atoms with van der Waals surface area (Å²) < 4.78 is 5.67. The molecule has 1 aromatic carbocycles. The predicted octanol–water partition coefficient (Wildman–Crippen LogP) is 2.77. The number of fused-ring (bicyclic) bond motifs is 1. The molecule has 0 radical (unpaired) electrons. The molecule has 1 atom stereocenters. The molecule has 1 heterocycles. The van der Waals surface area contributed by atoms with Crippen LogP contribution in [-0.2, 0) is 11.3 Å². The lowest BCUT2D eigenvalue weighted by Gasteiger charge is -2.34.